The van der Waals surface area contributed by atoms with Crippen molar-refractivity contribution < 1.29 is 9.53 Å². The summed E-state index contributed by atoms with van der Waals surface area (Å²) in [5.41, 5.74) is 0. The van der Waals surface area contributed by atoms with Crippen molar-refractivity contribution in [3.05, 3.63) is 48.5 Å². The Morgan fingerprint density at radius 3 is 2.83 bits per heavy atom. The first-order chi connectivity index (χ1) is 8.79. The third-order valence-electron chi connectivity index (χ3n) is 2.50. The number of nitrogens with zero attached hydrogens (tertiary/aromatic N) is 1. The lowest BCUT2D eigenvalue weighted by atomic mass is 10.2. The number of carbonyl (C=O) groups excluding carboxylic acids is 1. The van der Waals surface area contributed by atoms with E-state index >= 15 is 0 Å². The SMILES string of the molecule is CCC(NC(=O)Oc1ccccc1)c1ncc[nH]1. The number of imidazole rings is 1. The van der Waals surface area contributed by atoms with Crippen LogP contribution in [0.25, 0.3) is 0 Å². The van der Waals surface area contributed by atoms with Gasteiger partial charge < -0.3 is 15.0 Å². The Balaban J connectivity index is 1.94. The molecule has 1 atom stereocenters. The molecule has 1 aromatic heterocycles. The van der Waals surface area contributed by atoms with Gasteiger partial charge in [-0.25, -0.2) is 9.78 Å². The fraction of sp³-hybridized carbons (Fsp3) is 0.231. The summed E-state index contributed by atoms with van der Waals surface area (Å²) in [4.78, 5) is 18.8. The molecule has 0 aliphatic heterocycles. The summed E-state index contributed by atoms with van der Waals surface area (Å²) in [7, 11) is 0. The molecule has 94 valence electrons. The molecule has 0 saturated heterocycles. The van der Waals surface area contributed by atoms with E-state index in [0.717, 1.165) is 12.2 Å². The van der Waals surface area contributed by atoms with Gasteiger partial charge >= 0.3 is 6.09 Å². The average molecular weight is 245 g/mol. The second-order valence-corrected chi connectivity index (χ2v) is 3.78. The summed E-state index contributed by atoms with van der Waals surface area (Å²) in [6, 6.07) is 8.78. The van der Waals surface area contributed by atoms with E-state index in [9.17, 15) is 4.79 Å². The van der Waals surface area contributed by atoms with Gasteiger partial charge in [-0.15, -0.1) is 0 Å². The number of hydrogen-bond donors (Lipinski definition) is 2. The number of benzene rings is 1. The van der Waals surface area contributed by atoms with E-state index in [0.29, 0.717) is 5.75 Å². The smallest absolute Gasteiger partial charge is 0.410 e. The summed E-state index contributed by atoms with van der Waals surface area (Å²) in [6.45, 7) is 1.97. The number of aromatic nitrogens is 2. The topological polar surface area (TPSA) is 67.0 Å². The van der Waals surface area contributed by atoms with E-state index in [1.165, 1.54) is 0 Å². The van der Waals surface area contributed by atoms with E-state index in [-0.39, 0.29) is 6.04 Å². The number of amides is 1. The second-order valence-electron chi connectivity index (χ2n) is 3.78. The van der Waals surface area contributed by atoms with E-state index in [1.807, 2.05) is 25.1 Å². The number of carbonyl (C=O) groups is 1. The van der Waals surface area contributed by atoms with Crippen LogP contribution in [0, 0.1) is 0 Å². The zero-order valence-corrected chi connectivity index (χ0v) is 10.1. The number of rotatable bonds is 4. The van der Waals surface area contributed by atoms with Crippen LogP contribution in [-0.2, 0) is 0 Å². The molecular formula is C13H15N3O2. The molecule has 5 nitrogen and oxygen atoms in total. The van der Waals surface area contributed by atoms with Crippen molar-refractivity contribution in [2.45, 2.75) is 19.4 Å². The molecule has 2 rings (SSSR count). The fourth-order valence-electron chi connectivity index (χ4n) is 1.60. The van der Waals surface area contributed by atoms with Crippen molar-refractivity contribution in [3.63, 3.8) is 0 Å². The number of H-pyrrole nitrogens is 1. The van der Waals surface area contributed by atoms with Gasteiger partial charge in [0.25, 0.3) is 0 Å². The third kappa shape index (κ3) is 3.10. The van der Waals surface area contributed by atoms with Crippen molar-refractivity contribution in [1.82, 2.24) is 15.3 Å². The quantitative estimate of drug-likeness (QED) is 0.870. The van der Waals surface area contributed by atoms with Crippen molar-refractivity contribution >= 4 is 6.09 Å². The van der Waals surface area contributed by atoms with Gasteiger partial charge in [0.15, 0.2) is 0 Å². The van der Waals surface area contributed by atoms with Crippen LogP contribution >= 0.6 is 0 Å². The molecule has 2 N–H and O–H groups in total. The maximum absolute atomic E-state index is 11.7. The highest BCUT2D eigenvalue weighted by molar-refractivity contribution is 5.70. The molecule has 1 heterocycles. The molecule has 0 radical (unpaired) electrons. The average Bonchev–Trinajstić information content (AvgIpc) is 2.91. The maximum atomic E-state index is 11.7. The molecule has 18 heavy (non-hydrogen) atoms. The molecule has 0 bridgehead atoms. The zero-order chi connectivity index (χ0) is 12.8. The van der Waals surface area contributed by atoms with Gasteiger partial charge in [0.1, 0.15) is 11.6 Å². The van der Waals surface area contributed by atoms with Crippen molar-refractivity contribution in [3.8, 4) is 5.75 Å². The number of ether oxygens (including phenoxy) is 1. The first-order valence-electron chi connectivity index (χ1n) is 5.82. The Bertz CT molecular complexity index is 482. The Labute approximate surface area is 105 Å². The zero-order valence-electron chi connectivity index (χ0n) is 10.1. The van der Waals surface area contributed by atoms with Crippen LogP contribution in [0.2, 0.25) is 0 Å². The molecule has 0 fully saturated rings. The molecule has 0 aliphatic carbocycles. The highest BCUT2D eigenvalue weighted by Gasteiger charge is 2.15. The maximum Gasteiger partial charge on any atom is 0.413 e. The minimum Gasteiger partial charge on any atom is -0.410 e. The normalized spacial score (nSPS) is 11.8. The lowest BCUT2D eigenvalue weighted by Crippen LogP contribution is -2.31. The molecule has 5 heteroatoms. The third-order valence-corrected chi connectivity index (χ3v) is 2.50. The van der Waals surface area contributed by atoms with Gasteiger partial charge in [0.2, 0.25) is 0 Å². The largest absolute Gasteiger partial charge is 0.413 e. The van der Waals surface area contributed by atoms with Crippen LogP contribution in [0.4, 0.5) is 4.79 Å². The van der Waals surface area contributed by atoms with Crippen molar-refractivity contribution in [2.75, 3.05) is 0 Å². The van der Waals surface area contributed by atoms with Crippen molar-refractivity contribution in [2.24, 2.45) is 0 Å². The van der Waals surface area contributed by atoms with Gasteiger partial charge in [0, 0.05) is 12.4 Å². The lowest BCUT2D eigenvalue weighted by Gasteiger charge is -2.14. The Morgan fingerprint density at radius 2 is 2.22 bits per heavy atom. The summed E-state index contributed by atoms with van der Waals surface area (Å²) in [5.74, 6) is 1.24. The minimum atomic E-state index is -0.482. The minimum absolute atomic E-state index is 0.170. The van der Waals surface area contributed by atoms with E-state index in [1.54, 1.807) is 24.5 Å². The summed E-state index contributed by atoms with van der Waals surface area (Å²) in [6.07, 6.45) is 3.63. The molecule has 1 amide bonds. The molecule has 0 saturated carbocycles. The monoisotopic (exact) mass is 245 g/mol. The van der Waals surface area contributed by atoms with Crippen LogP contribution in [0.15, 0.2) is 42.7 Å². The molecule has 1 aromatic carbocycles. The standard InChI is InChI=1S/C13H15N3O2/c1-2-11(12-14-8-9-15-12)16-13(17)18-10-6-4-3-5-7-10/h3-9,11H,2H2,1H3,(H,14,15)(H,16,17). The van der Waals surface area contributed by atoms with Crippen LogP contribution in [0.1, 0.15) is 25.2 Å². The first-order valence-corrected chi connectivity index (χ1v) is 5.82. The predicted octanol–water partition coefficient (Wildman–Crippen LogP) is 2.65. The molecular weight excluding hydrogens is 230 g/mol. The highest BCUT2D eigenvalue weighted by Crippen LogP contribution is 2.13. The lowest BCUT2D eigenvalue weighted by molar-refractivity contribution is 0.195. The van der Waals surface area contributed by atoms with Crippen molar-refractivity contribution in [1.29, 1.82) is 0 Å². The van der Waals surface area contributed by atoms with Gasteiger partial charge in [0.05, 0.1) is 6.04 Å². The van der Waals surface area contributed by atoms with Gasteiger partial charge in [-0.05, 0) is 18.6 Å². The molecule has 0 aliphatic rings. The summed E-state index contributed by atoms with van der Waals surface area (Å²) < 4.78 is 5.15. The number of nitrogens with one attached hydrogen (secondary N) is 2. The number of aromatic amines is 1. The summed E-state index contributed by atoms with van der Waals surface area (Å²) >= 11 is 0. The predicted molar refractivity (Wildman–Crippen MR) is 67.2 cm³/mol. The Hall–Kier alpha value is -2.30. The van der Waals surface area contributed by atoms with Gasteiger partial charge in [-0.1, -0.05) is 25.1 Å². The van der Waals surface area contributed by atoms with Crippen LogP contribution in [0.3, 0.4) is 0 Å². The van der Waals surface area contributed by atoms with Crippen LogP contribution in [-0.4, -0.2) is 16.1 Å². The first kappa shape index (κ1) is 12.2. The number of para-hydroxylation sites is 1. The van der Waals surface area contributed by atoms with E-state index in [2.05, 4.69) is 15.3 Å². The van der Waals surface area contributed by atoms with Gasteiger partial charge in [-0.3, -0.25) is 0 Å². The van der Waals surface area contributed by atoms with Crippen LogP contribution in [0.5, 0.6) is 5.75 Å². The highest BCUT2D eigenvalue weighted by atomic mass is 16.6. The molecule has 0 spiro atoms. The molecule has 1 unspecified atom stereocenters. The van der Waals surface area contributed by atoms with E-state index < -0.39 is 6.09 Å². The second kappa shape index (κ2) is 5.86. The van der Waals surface area contributed by atoms with E-state index in [4.69, 9.17) is 4.74 Å². The number of hydrogen-bond acceptors (Lipinski definition) is 3. The molecule has 2 aromatic rings. The fourth-order valence-corrected chi connectivity index (χ4v) is 1.60. The Morgan fingerprint density at radius 1 is 1.44 bits per heavy atom. The Kier molecular flexibility index (Phi) is 3.96. The summed E-state index contributed by atoms with van der Waals surface area (Å²) in [5, 5.41) is 2.76. The van der Waals surface area contributed by atoms with Gasteiger partial charge in [-0.2, -0.15) is 0 Å². The van der Waals surface area contributed by atoms with Crippen LogP contribution < -0.4 is 10.1 Å².